The standard InChI is InChI=1S/C23H42N6O.HI/c1-5-28-14-16-29(17-15-28)20-22-9-7-21(8-10-22)19-26-23(24-2)25-11-13-27(3)12-6-18-30-4;/h7-10H,5-6,11-20H2,1-4H3,(H2,24,25,26);1H. The molecule has 0 amide bonds. The maximum Gasteiger partial charge on any atom is 0.191 e. The number of nitrogens with zero attached hydrogens (tertiary/aromatic N) is 4. The van der Waals surface area contributed by atoms with Crippen molar-refractivity contribution in [2.24, 2.45) is 4.99 Å². The number of methoxy groups -OCH3 is 1. The van der Waals surface area contributed by atoms with Crippen molar-refractivity contribution in [1.29, 1.82) is 0 Å². The second kappa shape index (κ2) is 16.7. The molecule has 1 fully saturated rings. The number of rotatable bonds is 12. The lowest BCUT2D eigenvalue weighted by Crippen LogP contribution is -2.45. The number of nitrogens with one attached hydrogen (secondary N) is 2. The van der Waals surface area contributed by atoms with Crippen molar-refractivity contribution in [2.75, 3.05) is 80.2 Å². The minimum absolute atomic E-state index is 0. The molecule has 1 heterocycles. The zero-order valence-electron chi connectivity index (χ0n) is 19.9. The predicted molar refractivity (Wildman–Crippen MR) is 141 cm³/mol. The number of hydrogen-bond acceptors (Lipinski definition) is 5. The molecule has 31 heavy (non-hydrogen) atoms. The van der Waals surface area contributed by atoms with Crippen LogP contribution in [-0.2, 0) is 17.8 Å². The van der Waals surface area contributed by atoms with Gasteiger partial charge < -0.3 is 25.2 Å². The Kier molecular flexibility index (Phi) is 15.1. The monoisotopic (exact) mass is 546 g/mol. The summed E-state index contributed by atoms with van der Waals surface area (Å²) in [6.07, 6.45) is 1.06. The molecule has 2 N–H and O–H groups in total. The third kappa shape index (κ3) is 11.5. The highest BCUT2D eigenvalue weighted by Crippen LogP contribution is 2.10. The molecule has 0 radical (unpaired) electrons. The molecule has 178 valence electrons. The number of guanidine groups is 1. The molecule has 0 saturated carbocycles. The second-order valence-corrected chi connectivity index (χ2v) is 8.03. The molecule has 1 saturated heterocycles. The van der Waals surface area contributed by atoms with Crippen LogP contribution in [0, 0.1) is 0 Å². The van der Waals surface area contributed by atoms with E-state index in [1.807, 2.05) is 7.05 Å². The first kappa shape index (κ1) is 28.1. The van der Waals surface area contributed by atoms with E-state index in [2.05, 4.69) is 68.6 Å². The van der Waals surface area contributed by atoms with Crippen molar-refractivity contribution in [1.82, 2.24) is 25.3 Å². The number of likely N-dealkylation sites (N-methyl/N-ethyl adjacent to an activating group) is 2. The van der Waals surface area contributed by atoms with Gasteiger partial charge in [0.25, 0.3) is 0 Å². The van der Waals surface area contributed by atoms with Gasteiger partial charge in [0.1, 0.15) is 0 Å². The Morgan fingerprint density at radius 2 is 1.68 bits per heavy atom. The average molecular weight is 547 g/mol. The van der Waals surface area contributed by atoms with Crippen molar-refractivity contribution in [3.63, 3.8) is 0 Å². The van der Waals surface area contributed by atoms with E-state index < -0.39 is 0 Å². The summed E-state index contributed by atoms with van der Waals surface area (Å²) in [5.74, 6) is 0.846. The first-order chi connectivity index (χ1) is 14.6. The van der Waals surface area contributed by atoms with Gasteiger partial charge in [-0.2, -0.15) is 0 Å². The second-order valence-electron chi connectivity index (χ2n) is 8.03. The number of hydrogen-bond donors (Lipinski definition) is 2. The molecule has 0 unspecified atom stereocenters. The maximum atomic E-state index is 5.10. The minimum atomic E-state index is 0. The van der Waals surface area contributed by atoms with Gasteiger partial charge in [0.2, 0.25) is 0 Å². The van der Waals surface area contributed by atoms with Crippen LogP contribution in [-0.4, -0.2) is 101 Å². The highest BCUT2D eigenvalue weighted by atomic mass is 127. The largest absolute Gasteiger partial charge is 0.385 e. The highest BCUT2D eigenvalue weighted by Gasteiger charge is 2.15. The third-order valence-corrected chi connectivity index (χ3v) is 5.70. The van der Waals surface area contributed by atoms with Gasteiger partial charge in [-0.05, 0) is 31.1 Å². The van der Waals surface area contributed by atoms with Crippen LogP contribution in [0.25, 0.3) is 0 Å². The lowest BCUT2D eigenvalue weighted by Gasteiger charge is -2.34. The van der Waals surface area contributed by atoms with E-state index in [-0.39, 0.29) is 24.0 Å². The Labute approximate surface area is 206 Å². The predicted octanol–water partition coefficient (Wildman–Crippen LogP) is 2.08. The molecule has 0 aromatic heterocycles. The van der Waals surface area contributed by atoms with Crippen LogP contribution < -0.4 is 10.6 Å². The fourth-order valence-electron chi connectivity index (χ4n) is 3.65. The van der Waals surface area contributed by atoms with Crippen molar-refractivity contribution in [3.8, 4) is 0 Å². The molecule has 0 spiro atoms. The van der Waals surface area contributed by atoms with Crippen LogP contribution in [0.5, 0.6) is 0 Å². The van der Waals surface area contributed by atoms with Crippen LogP contribution in [0.15, 0.2) is 29.3 Å². The molecular formula is C23H43IN6O. The Morgan fingerprint density at radius 3 is 2.29 bits per heavy atom. The summed E-state index contributed by atoms with van der Waals surface area (Å²) in [5, 5.41) is 6.80. The van der Waals surface area contributed by atoms with Crippen LogP contribution in [0.1, 0.15) is 24.5 Å². The first-order valence-electron chi connectivity index (χ1n) is 11.3. The SMILES string of the molecule is CCN1CCN(Cc2ccc(CNC(=NC)NCCN(C)CCCOC)cc2)CC1.I. The Hall–Kier alpha value is -0.940. The van der Waals surface area contributed by atoms with E-state index in [0.717, 1.165) is 51.7 Å². The summed E-state index contributed by atoms with van der Waals surface area (Å²) >= 11 is 0. The zero-order valence-corrected chi connectivity index (χ0v) is 22.2. The molecule has 1 aliphatic rings. The molecule has 2 rings (SSSR count). The van der Waals surface area contributed by atoms with Crippen molar-refractivity contribution in [2.45, 2.75) is 26.4 Å². The molecule has 0 atom stereocenters. The van der Waals surface area contributed by atoms with Gasteiger partial charge in [-0.15, -0.1) is 24.0 Å². The Morgan fingerprint density at radius 1 is 1.03 bits per heavy atom. The van der Waals surface area contributed by atoms with Crippen LogP contribution in [0.4, 0.5) is 0 Å². The van der Waals surface area contributed by atoms with Gasteiger partial charge in [0.15, 0.2) is 5.96 Å². The van der Waals surface area contributed by atoms with Crippen molar-refractivity contribution in [3.05, 3.63) is 35.4 Å². The molecule has 7 nitrogen and oxygen atoms in total. The molecule has 1 aliphatic heterocycles. The van der Waals surface area contributed by atoms with Crippen LogP contribution in [0.3, 0.4) is 0 Å². The minimum Gasteiger partial charge on any atom is -0.385 e. The lowest BCUT2D eigenvalue weighted by molar-refractivity contribution is 0.132. The van der Waals surface area contributed by atoms with Crippen molar-refractivity contribution >= 4 is 29.9 Å². The quantitative estimate of drug-likeness (QED) is 0.181. The molecule has 1 aromatic carbocycles. The topological polar surface area (TPSA) is 55.4 Å². The van der Waals surface area contributed by atoms with E-state index in [0.29, 0.717) is 0 Å². The van der Waals surface area contributed by atoms with E-state index in [1.54, 1.807) is 7.11 Å². The summed E-state index contributed by atoms with van der Waals surface area (Å²) in [5.41, 5.74) is 2.66. The fourth-order valence-corrected chi connectivity index (χ4v) is 3.65. The number of halogens is 1. The summed E-state index contributed by atoms with van der Waals surface area (Å²) in [4.78, 5) is 11.7. The van der Waals surface area contributed by atoms with Gasteiger partial charge in [-0.1, -0.05) is 31.2 Å². The van der Waals surface area contributed by atoms with Gasteiger partial charge in [-0.3, -0.25) is 9.89 Å². The number of benzene rings is 1. The summed E-state index contributed by atoms with van der Waals surface area (Å²) in [6, 6.07) is 8.96. The summed E-state index contributed by atoms with van der Waals surface area (Å²) in [6.45, 7) is 13.7. The number of ether oxygens (including phenoxy) is 1. The smallest absolute Gasteiger partial charge is 0.191 e. The van der Waals surface area contributed by atoms with Gasteiger partial charge in [0, 0.05) is 79.7 Å². The fraction of sp³-hybridized carbons (Fsp3) is 0.696. The highest BCUT2D eigenvalue weighted by molar-refractivity contribution is 14.0. The third-order valence-electron chi connectivity index (χ3n) is 5.70. The van der Waals surface area contributed by atoms with E-state index >= 15 is 0 Å². The molecule has 0 bridgehead atoms. The molecule has 0 aliphatic carbocycles. The Balaban J connectivity index is 0.00000480. The zero-order chi connectivity index (χ0) is 21.6. The van der Waals surface area contributed by atoms with E-state index in [9.17, 15) is 0 Å². The van der Waals surface area contributed by atoms with E-state index in [1.165, 1.54) is 43.9 Å². The Bertz CT molecular complexity index is 605. The number of piperazine rings is 1. The summed E-state index contributed by atoms with van der Waals surface area (Å²) < 4.78 is 5.10. The van der Waals surface area contributed by atoms with E-state index in [4.69, 9.17) is 4.74 Å². The van der Waals surface area contributed by atoms with Gasteiger partial charge in [-0.25, -0.2) is 0 Å². The van der Waals surface area contributed by atoms with Gasteiger partial charge >= 0.3 is 0 Å². The molecule has 8 heteroatoms. The number of aliphatic imine (C=N–C) groups is 1. The first-order valence-corrected chi connectivity index (χ1v) is 11.3. The van der Waals surface area contributed by atoms with Gasteiger partial charge in [0.05, 0.1) is 0 Å². The molecule has 1 aromatic rings. The van der Waals surface area contributed by atoms with Crippen LogP contribution >= 0.6 is 24.0 Å². The molecular weight excluding hydrogens is 503 g/mol. The normalized spacial score (nSPS) is 15.7. The average Bonchev–Trinajstić information content (AvgIpc) is 2.78. The lowest BCUT2D eigenvalue weighted by atomic mass is 10.1. The summed E-state index contributed by atoms with van der Waals surface area (Å²) in [7, 11) is 5.71. The van der Waals surface area contributed by atoms with Crippen LogP contribution in [0.2, 0.25) is 0 Å². The maximum absolute atomic E-state index is 5.10. The van der Waals surface area contributed by atoms with Crippen molar-refractivity contribution < 1.29 is 4.74 Å².